The molecule has 1 aliphatic rings. The number of benzene rings is 2. The van der Waals surface area contributed by atoms with Crippen molar-refractivity contribution in [2.24, 2.45) is 0 Å². The Bertz CT molecular complexity index is 961. The fourth-order valence-corrected chi connectivity index (χ4v) is 3.84. The van der Waals surface area contributed by atoms with Gasteiger partial charge in [0.2, 0.25) is 0 Å². The number of rotatable bonds is 4. The van der Waals surface area contributed by atoms with E-state index in [0.717, 1.165) is 31.9 Å². The van der Waals surface area contributed by atoms with Gasteiger partial charge in [-0.3, -0.25) is 10.1 Å². The number of hydrogen-bond donors (Lipinski definition) is 2. The molecule has 0 saturated carbocycles. The lowest BCUT2D eigenvalue weighted by atomic mass is 10.1. The molecule has 0 atom stereocenters. The van der Waals surface area contributed by atoms with Crippen molar-refractivity contribution < 1.29 is 14.3 Å². The second kappa shape index (κ2) is 10.0. The van der Waals surface area contributed by atoms with Crippen LogP contribution >= 0.6 is 28.1 Å². The van der Waals surface area contributed by atoms with E-state index >= 15 is 0 Å². The van der Waals surface area contributed by atoms with Crippen molar-refractivity contribution in [3.8, 4) is 0 Å². The first-order chi connectivity index (χ1) is 14.4. The third-order valence-electron chi connectivity index (χ3n) is 4.86. The Morgan fingerprint density at radius 2 is 1.80 bits per heavy atom. The van der Waals surface area contributed by atoms with Crippen LogP contribution in [-0.2, 0) is 4.74 Å². The van der Waals surface area contributed by atoms with Gasteiger partial charge in [-0.15, -0.1) is 0 Å². The van der Waals surface area contributed by atoms with E-state index in [-0.39, 0.29) is 11.0 Å². The lowest BCUT2D eigenvalue weighted by molar-refractivity contribution is 0.0600. The zero-order valence-corrected chi connectivity index (χ0v) is 19.2. The van der Waals surface area contributed by atoms with Crippen LogP contribution in [0.1, 0.15) is 20.7 Å². The SMILES string of the molecule is COC(=O)c1ccc(N2CCN(C)CC2)c(NC(=S)NC(=O)c2ccccc2Br)c1. The van der Waals surface area contributed by atoms with Crippen LogP contribution in [0.25, 0.3) is 0 Å². The predicted octanol–water partition coefficient (Wildman–Crippen LogP) is 3.11. The van der Waals surface area contributed by atoms with Gasteiger partial charge in [0.05, 0.1) is 29.6 Å². The molecule has 1 fully saturated rings. The second-order valence-electron chi connectivity index (χ2n) is 6.90. The van der Waals surface area contributed by atoms with E-state index in [4.69, 9.17) is 17.0 Å². The zero-order valence-electron chi connectivity index (χ0n) is 16.8. The van der Waals surface area contributed by atoms with Crippen molar-refractivity contribution in [1.29, 1.82) is 0 Å². The topological polar surface area (TPSA) is 73.9 Å². The molecule has 30 heavy (non-hydrogen) atoms. The van der Waals surface area contributed by atoms with E-state index < -0.39 is 5.97 Å². The molecule has 3 rings (SSSR count). The first-order valence-corrected chi connectivity index (χ1v) is 10.6. The molecule has 7 nitrogen and oxygen atoms in total. The number of methoxy groups -OCH3 is 1. The number of nitrogens with one attached hydrogen (secondary N) is 2. The molecule has 1 aliphatic heterocycles. The number of esters is 1. The quantitative estimate of drug-likeness (QED) is 0.503. The Kier molecular flexibility index (Phi) is 7.41. The lowest BCUT2D eigenvalue weighted by Gasteiger charge is -2.35. The highest BCUT2D eigenvalue weighted by molar-refractivity contribution is 9.10. The van der Waals surface area contributed by atoms with Crippen LogP contribution in [0.3, 0.4) is 0 Å². The van der Waals surface area contributed by atoms with Crippen molar-refractivity contribution in [3.63, 3.8) is 0 Å². The van der Waals surface area contributed by atoms with Crippen molar-refractivity contribution in [2.45, 2.75) is 0 Å². The third kappa shape index (κ3) is 5.35. The molecule has 158 valence electrons. The summed E-state index contributed by atoms with van der Waals surface area (Å²) >= 11 is 8.74. The number of ether oxygens (including phenoxy) is 1. The highest BCUT2D eigenvalue weighted by Crippen LogP contribution is 2.28. The van der Waals surface area contributed by atoms with Crippen molar-refractivity contribution in [3.05, 3.63) is 58.1 Å². The number of halogens is 1. The number of thiocarbonyl (C=S) groups is 1. The zero-order chi connectivity index (χ0) is 21.7. The van der Waals surface area contributed by atoms with Gasteiger partial charge in [0.1, 0.15) is 0 Å². The number of carbonyl (C=O) groups is 2. The Hall–Kier alpha value is -2.49. The van der Waals surface area contributed by atoms with E-state index in [1.54, 1.807) is 30.3 Å². The first-order valence-electron chi connectivity index (χ1n) is 9.41. The van der Waals surface area contributed by atoms with Crippen LogP contribution in [0, 0.1) is 0 Å². The summed E-state index contributed by atoms with van der Waals surface area (Å²) < 4.78 is 5.51. The van der Waals surface area contributed by atoms with Crippen LogP contribution in [-0.4, -0.2) is 62.2 Å². The normalized spacial score (nSPS) is 14.2. The molecule has 1 amide bonds. The summed E-state index contributed by atoms with van der Waals surface area (Å²) in [6.45, 7) is 3.56. The first kappa shape index (κ1) is 22.2. The third-order valence-corrected chi connectivity index (χ3v) is 5.75. The number of anilines is 2. The average Bonchev–Trinajstić information content (AvgIpc) is 2.74. The summed E-state index contributed by atoms with van der Waals surface area (Å²) in [5.41, 5.74) is 2.43. The fourth-order valence-electron chi connectivity index (χ4n) is 3.17. The molecule has 0 unspecified atom stereocenters. The number of piperazine rings is 1. The molecule has 9 heteroatoms. The highest BCUT2D eigenvalue weighted by atomic mass is 79.9. The van der Waals surface area contributed by atoms with Gasteiger partial charge >= 0.3 is 5.97 Å². The molecule has 2 aromatic carbocycles. The number of carbonyl (C=O) groups excluding carboxylic acids is 2. The molecule has 1 saturated heterocycles. The minimum absolute atomic E-state index is 0.146. The molecular weight excluding hydrogens is 468 g/mol. The molecule has 2 N–H and O–H groups in total. The summed E-state index contributed by atoms with van der Waals surface area (Å²) in [7, 11) is 3.43. The molecule has 0 aliphatic carbocycles. The maximum atomic E-state index is 12.6. The van der Waals surface area contributed by atoms with Crippen LogP contribution in [0.2, 0.25) is 0 Å². The smallest absolute Gasteiger partial charge is 0.337 e. The number of hydrogen-bond acceptors (Lipinski definition) is 6. The van der Waals surface area contributed by atoms with Gasteiger partial charge in [0.25, 0.3) is 5.91 Å². The van der Waals surface area contributed by atoms with Crippen molar-refractivity contribution in [1.82, 2.24) is 10.2 Å². The van der Waals surface area contributed by atoms with E-state index in [2.05, 4.69) is 43.4 Å². The minimum atomic E-state index is -0.439. The average molecular weight is 491 g/mol. The van der Waals surface area contributed by atoms with Crippen LogP contribution in [0.5, 0.6) is 0 Å². The van der Waals surface area contributed by atoms with Gasteiger partial charge in [-0.25, -0.2) is 4.79 Å². The van der Waals surface area contributed by atoms with E-state index in [1.165, 1.54) is 7.11 Å². The molecule has 1 heterocycles. The maximum absolute atomic E-state index is 12.6. The summed E-state index contributed by atoms with van der Waals surface area (Å²) in [6, 6.07) is 12.4. The predicted molar refractivity (Wildman–Crippen MR) is 125 cm³/mol. The fraction of sp³-hybridized carbons (Fsp3) is 0.286. The summed E-state index contributed by atoms with van der Waals surface area (Å²) in [5, 5.41) is 5.92. The van der Waals surface area contributed by atoms with Crippen molar-refractivity contribution in [2.75, 3.05) is 50.6 Å². The monoisotopic (exact) mass is 490 g/mol. The van der Waals surface area contributed by atoms with Crippen LogP contribution in [0.15, 0.2) is 46.9 Å². The maximum Gasteiger partial charge on any atom is 0.337 e. The van der Waals surface area contributed by atoms with Crippen LogP contribution in [0.4, 0.5) is 11.4 Å². The van der Waals surface area contributed by atoms with E-state index in [0.29, 0.717) is 21.3 Å². The van der Waals surface area contributed by atoms with Gasteiger partial charge in [0, 0.05) is 30.7 Å². The number of nitrogens with zero attached hydrogens (tertiary/aromatic N) is 2. The highest BCUT2D eigenvalue weighted by Gasteiger charge is 2.20. The van der Waals surface area contributed by atoms with Crippen molar-refractivity contribution >= 4 is 56.5 Å². The Balaban J connectivity index is 1.81. The minimum Gasteiger partial charge on any atom is -0.465 e. The summed E-state index contributed by atoms with van der Waals surface area (Å²) in [6.07, 6.45) is 0. The van der Waals surface area contributed by atoms with Gasteiger partial charge in [-0.2, -0.15) is 0 Å². The van der Waals surface area contributed by atoms with Crippen LogP contribution < -0.4 is 15.5 Å². The Labute approximate surface area is 189 Å². The second-order valence-corrected chi connectivity index (χ2v) is 8.16. The standard InChI is InChI=1S/C21H23BrN4O3S/c1-25-9-11-26(12-10-25)18-8-7-14(20(28)29-2)13-17(18)23-21(30)24-19(27)15-5-3-4-6-16(15)22/h3-8,13H,9-12H2,1-2H3,(H2,23,24,27,30). The largest absolute Gasteiger partial charge is 0.465 e. The molecule has 0 spiro atoms. The number of amides is 1. The summed E-state index contributed by atoms with van der Waals surface area (Å²) in [5.74, 6) is -0.767. The molecule has 2 aromatic rings. The van der Waals surface area contributed by atoms with Gasteiger partial charge in [0.15, 0.2) is 5.11 Å². The van der Waals surface area contributed by atoms with Gasteiger partial charge in [-0.05, 0) is 65.5 Å². The molecule has 0 radical (unpaired) electrons. The van der Waals surface area contributed by atoms with E-state index in [9.17, 15) is 9.59 Å². The lowest BCUT2D eigenvalue weighted by Crippen LogP contribution is -2.45. The Morgan fingerprint density at radius 3 is 2.47 bits per heavy atom. The number of likely N-dealkylation sites (N-methyl/N-ethyl adjacent to an activating group) is 1. The molecular formula is C21H23BrN4O3S. The molecule has 0 aromatic heterocycles. The summed E-state index contributed by atoms with van der Waals surface area (Å²) in [4.78, 5) is 29.0. The van der Waals surface area contributed by atoms with Gasteiger partial charge in [-0.1, -0.05) is 12.1 Å². The van der Waals surface area contributed by atoms with Gasteiger partial charge < -0.3 is 19.9 Å². The Morgan fingerprint density at radius 1 is 1.10 bits per heavy atom. The van der Waals surface area contributed by atoms with E-state index in [1.807, 2.05) is 12.1 Å². The molecule has 0 bridgehead atoms.